The molecular weight excluding hydrogens is 822 g/mol. The Morgan fingerprint density at radius 3 is 2.55 bits per heavy atom. The van der Waals surface area contributed by atoms with Gasteiger partial charge in [-0.2, -0.15) is 5.10 Å². The summed E-state index contributed by atoms with van der Waals surface area (Å²) in [7, 11) is -0.0517. The van der Waals surface area contributed by atoms with Gasteiger partial charge in [-0.25, -0.2) is 14.8 Å². The summed E-state index contributed by atoms with van der Waals surface area (Å²) < 4.78 is 26.4. The molecule has 2 aromatic carbocycles. The summed E-state index contributed by atoms with van der Waals surface area (Å²) in [4.78, 5) is 38.0. The number of hydrogen-bond donors (Lipinski definition) is 3. The van der Waals surface area contributed by atoms with Crippen LogP contribution >= 0.6 is 19.3 Å². The van der Waals surface area contributed by atoms with Crippen LogP contribution in [-0.4, -0.2) is 81.8 Å². The number of carboxylic acid groups (broad SMARTS) is 1. The van der Waals surface area contributed by atoms with Gasteiger partial charge in [0.05, 0.1) is 16.4 Å². The molecule has 13 nitrogen and oxygen atoms in total. The van der Waals surface area contributed by atoms with Gasteiger partial charge in [0.25, 0.3) is 5.91 Å². The zero-order chi connectivity index (χ0) is 43.1. The van der Waals surface area contributed by atoms with Crippen LogP contribution in [0.25, 0.3) is 21.3 Å². The Labute approximate surface area is 367 Å². The molecule has 324 valence electrons. The van der Waals surface area contributed by atoms with Gasteiger partial charge < -0.3 is 10.0 Å². The van der Waals surface area contributed by atoms with Gasteiger partial charge in [0.15, 0.2) is 10.8 Å². The molecule has 4 aliphatic carbocycles. The molecule has 4 fully saturated rings. The standard InChI is InChI=1S/C47H54N7O6PS/c1-31-35(22-49-54(31)30-46-25-44(2)24-45(3,26-46)28-47(27-44,29-46)60-20-19-59-18-16-48-15-7-21-61-58)33-12-13-39(51-40(33)42(56)57)53-17-14-32-8-6-9-34(36(32)23-53)41(55)52-43-50-37-10-4-5-11-38(37)62-43/h4-6,8-13,22,48H,7,14-20,23-30H2,1-3H3,(H,56,57)(H,50,52,55). The van der Waals surface area contributed by atoms with Crippen LogP contribution < -0.4 is 15.5 Å². The van der Waals surface area contributed by atoms with Crippen molar-refractivity contribution < 1.29 is 28.7 Å². The number of nitrogens with zero attached hydrogens (tertiary/aromatic N) is 5. The third-order valence-corrected chi connectivity index (χ3v) is 14.8. The molecule has 1 amide bonds. The van der Waals surface area contributed by atoms with Crippen molar-refractivity contribution in [2.75, 3.05) is 49.7 Å². The van der Waals surface area contributed by atoms with Crippen LogP contribution in [0.5, 0.6) is 0 Å². The van der Waals surface area contributed by atoms with Crippen molar-refractivity contribution in [3.8, 4) is 16.8 Å². The normalized spacial score (nSPS) is 24.9. The van der Waals surface area contributed by atoms with Crippen LogP contribution in [-0.2, 0) is 33.5 Å². The molecule has 3 aromatic heterocycles. The number of benzene rings is 2. The Balaban J connectivity index is 0.894. The van der Waals surface area contributed by atoms with Crippen LogP contribution in [0.2, 0.25) is 0 Å². The molecule has 62 heavy (non-hydrogen) atoms. The molecule has 0 spiro atoms. The Bertz CT molecular complexity index is 2590. The first-order valence-corrected chi connectivity index (χ1v) is 23.3. The van der Waals surface area contributed by atoms with Gasteiger partial charge in [-0.1, -0.05) is 49.4 Å². The van der Waals surface area contributed by atoms with Crippen molar-refractivity contribution in [2.45, 2.75) is 90.8 Å². The number of carbonyl (C=O) groups excluding carboxylic acids is 1. The van der Waals surface area contributed by atoms with Gasteiger partial charge in [0.1, 0.15) is 5.82 Å². The summed E-state index contributed by atoms with van der Waals surface area (Å²) >= 11 is 1.44. The monoisotopic (exact) mass is 875 g/mol. The summed E-state index contributed by atoms with van der Waals surface area (Å²) in [5, 5.41) is 22.3. The van der Waals surface area contributed by atoms with Crippen LogP contribution in [0.15, 0.2) is 60.8 Å². The van der Waals surface area contributed by atoms with Gasteiger partial charge >= 0.3 is 103 Å². The number of rotatable bonds is 16. The predicted molar refractivity (Wildman–Crippen MR) is 241 cm³/mol. The van der Waals surface area contributed by atoms with E-state index in [1.807, 2.05) is 55.5 Å². The number of thiazole rings is 1. The number of aromatic nitrogens is 4. The number of ether oxygens (including phenoxy) is 2. The van der Waals surface area contributed by atoms with Gasteiger partial charge in [0.2, 0.25) is 0 Å². The van der Waals surface area contributed by atoms with E-state index in [2.05, 4.69) is 50.7 Å². The number of aromatic carboxylic acids is 1. The molecule has 4 saturated carbocycles. The SMILES string of the molecule is Cc1c(-c2ccc(N3CCc4cccc(C(=O)Nc5nc6ccccc6s5)c4C3)nc2C(=O)O)cnn1CC12CC3(C)CC(C)(C1)CC(OCCOCCNCCC#P=O)(C3)C2. The molecule has 5 aromatic rings. The molecule has 15 heteroatoms. The summed E-state index contributed by atoms with van der Waals surface area (Å²) in [5.41, 5.74) is 8.47. The molecule has 1 aliphatic heterocycles. The molecule has 2 unspecified atom stereocenters. The summed E-state index contributed by atoms with van der Waals surface area (Å²) in [5.74, 6) is -0.774. The van der Waals surface area contributed by atoms with E-state index in [9.17, 15) is 19.3 Å². The summed E-state index contributed by atoms with van der Waals surface area (Å²) in [6.07, 6.45) is 9.61. The van der Waals surface area contributed by atoms with Crippen LogP contribution in [0, 0.1) is 28.8 Å². The van der Waals surface area contributed by atoms with E-state index in [4.69, 9.17) is 19.6 Å². The van der Waals surface area contributed by atoms with Crippen LogP contribution in [0.1, 0.15) is 96.5 Å². The molecule has 10 rings (SSSR count). The molecule has 4 heterocycles. The number of carboxylic acids is 1. The van der Waals surface area contributed by atoms with Gasteiger partial charge in [-0.05, 0) is 90.3 Å². The van der Waals surface area contributed by atoms with Crippen LogP contribution in [0.3, 0.4) is 0 Å². The zero-order valence-corrected chi connectivity index (χ0v) is 37.4. The third-order valence-electron chi connectivity index (χ3n) is 13.5. The van der Waals surface area contributed by atoms with Crippen molar-refractivity contribution in [1.29, 1.82) is 0 Å². The topological polar surface area (TPSA) is 161 Å². The van der Waals surface area contributed by atoms with Crippen molar-refractivity contribution in [3.05, 3.63) is 88.9 Å². The van der Waals surface area contributed by atoms with Crippen LogP contribution in [0.4, 0.5) is 10.9 Å². The molecule has 5 aliphatic rings. The number of para-hydroxylation sites is 1. The fourth-order valence-electron chi connectivity index (χ4n) is 12.3. The number of nitrogens with one attached hydrogen (secondary N) is 2. The number of hydrogen-bond acceptors (Lipinski definition) is 11. The number of anilines is 2. The molecule has 0 saturated heterocycles. The second-order valence-corrected chi connectivity index (χ2v) is 20.3. The fourth-order valence-corrected chi connectivity index (χ4v) is 13.4. The second kappa shape index (κ2) is 17.1. The van der Waals surface area contributed by atoms with E-state index in [0.717, 1.165) is 84.3 Å². The number of carbonyl (C=O) groups is 2. The van der Waals surface area contributed by atoms with E-state index >= 15 is 0 Å². The quantitative estimate of drug-likeness (QED) is 0.0642. The molecule has 2 atom stereocenters. The third kappa shape index (κ3) is 8.66. The fraction of sp³-hybridized carbons (Fsp3) is 0.489. The first-order chi connectivity index (χ1) is 29.9. The van der Waals surface area contributed by atoms with E-state index < -0.39 is 5.97 Å². The number of amides is 1. The Kier molecular flexibility index (Phi) is 11.8. The van der Waals surface area contributed by atoms with Gasteiger partial charge in [-0.15, -0.1) is 0 Å². The van der Waals surface area contributed by atoms with E-state index in [1.165, 1.54) is 17.8 Å². The number of fused-ring (bicyclic) bond motifs is 2. The second-order valence-electron chi connectivity index (χ2n) is 18.8. The Hall–Kier alpha value is -4.68. The average Bonchev–Trinajstić information content (AvgIpc) is 3.80. The first kappa shape index (κ1) is 42.6. The van der Waals surface area contributed by atoms with Crippen molar-refractivity contribution in [2.24, 2.45) is 16.2 Å². The van der Waals surface area contributed by atoms with E-state index in [1.54, 1.807) is 6.20 Å². The minimum absolute atomic E-state index is 0.00106. The van der Waals surface area contributed by atoms with Gasteiger partial charge in [-0.3, -0.25) is 14.8 Å². The van der Waals surface area contributed by atoms with Crippen molar-refractivity contribution in [3.63, 3.8) is 0 Å². The Morgan fingerprint density at radius 2 is 1.76 bits per heavy atom. The van der Waals surface area contributed by atoms with Gasteiger partial charge in [0, 0.05) is 42.0 Å². The average molecular weight is 876 g/mol. The molecular formula is C47H54N7O6PS. The summed E-state index contributed by atoms with van der Waals surface area (Å²) in [6.45, 7) is 11.8. The van der Waals surface area contributed by atoms with E-state index in [0.29, 0.717) is 67.8 Å². The minimum atomic E-state index is -1.10. The Morgan fingerprint density at radius 1 is 0.935 bits per heavy atom. The first-order valence-electron chi connectivity index (χ1n) is 21.6. The molecule has 3 N–H and O–H groups in total. The summed E-state index contributed by atoms with van der Waals surface area (Å²) in [6, 6.07) is 17.3. The zero-order valence-electron chi connectivity index (χ0n) is 35.7. The maximum absolute atomic E-state index is 13.7. The maximum atomic E-state index is 13.7. The number of pyridine rings is 1. The van der Waals surface area contributed by atoms with Crippen molar-refractivity contribution in [1.82, 2.24) is 25.1 Å². The van der Waals surface area contributed by atoms with Crippen molar-refractivity contribution >= 4 is 52.3 Å². The molecule has 4 bridgehead atoms. The molecule has 0 radical (unpaired) electrons. The predicted octanol–water partition coefficient (Wildman–Crippen LogP) is 8.76. The van der Waals surface area contributed by atoms with E-state index in [-0.39, 0.29) is 41.4 Å².